The van der Waals surface area contributed by atoms with Gasteiger partial charge in [0.25, 0.3) is 0 Å². The number of aliphatic hydroxyl groups is 1. The summed E-state index contributed by atoms with van der Waals surface area (Å²) in [6, 6.07) is 14.2. The lowest BCUT2D eigenvalue weighted by Gasteiger charge is -2.31. The first-order valence-electron chi connectivity index (χ1n) is 12.7. The molecule has 1 aliphatic rings. The molecular weight excluding hydrogens is 440 g/mol. The highest BCUT2D eigenvalue weighted by Crippen LogP contribution is 2.27. The van der Waals surface area contributed by atoms with E-state index in [2.05, 4.69) is 57.6 Å². The second-order valence-electron chi connectivity index (χ2n) is 9.71. The largest absolute Gasteiger partial charge is 0.506 e. The van der Waals surface area contributed by atoms with E-state index in [1.165, 1.54) is 49.1 Å². The van der Waals surface area contributed by atoms with E-state index >= 15 is 0 Å². The lowest BCUT2D eigenvalue weighted by atomic mass is 9.94. The molecule has 1 amide bonds. The van der Waals surface area contributed by atoms with Gasteiger partial charge in [-0.3, -0.25) is 4.79 Å². The number of aliphatic hydroxyl groups excluding tert-OH is 1. The van der Waals surface area contributed by atoms with E-state index in [9.17, 15) is 15.0 Å². The molecule has 0 unspecified atom stereocenters. The molecule has 1 aliphatic carbocycles. The van der Waals surface area contributed by atoms with Gasteiger partial charge in [-0.25, -0.2) is 0 Å². The molecule has 7 nitrogen and oxygen atoms in total. The molecule has 0 bridgehead atoms. The van der Waals surface area contributed by atoms with Crippen LogP contribution in [0.25, 0.3) is 10.9 Å². The maximum atomic E-state index is 10.7. The molecule has 4 N–H and O–H groups in total. The van der Waals surface area contributed by atoms with Gasteiger partial charge in [0.05, 0.1) is 11.8 Å². The van der Waals surface area contributed by atoms with Crippen molar-refractivity contribution in [3.05, 3.63) is 59.8 Å². The van der Waals surface area contributed by atoms with Crippen molar-refractivity contribution >= 4 is 23.0 Å². The number of aromatic hydroxyl groups is 1. The third kappa shape index (κ3) is 6.63. The van der Waals surface area contributed by atoms with E-state index in [0.717, 1.165) is 31.1 Å². The minimum atomic E-state index is -0.751. The van der Waals surface area contributed by atoms with E-state index in [4.69, 9.17) is 0 Å². The van der Waals surface area contributed by atoms with Gasteiger partial charge in [0.1, 0.15) is 5.75 Å². The van der Waals surface area contributed by atoms with Crippen LogP contribution >= 0.6 is 0 Å². The number of carbonyl (C=O) groups excluding carboxylic acids is 1. The summed E-state index contributed by atoms with van der Waals surface area (Å²) in [5, 5.41) is 27.2. The van der Waals surface area contributed by atoms with Gasteiger partial charge in [0.2, 0.25) is 6.41 Å². The third-order valence-electron chi connectivity index (χ3n) is 7.23. The second kappa shape index (κ2) is 12.2. The molecule has 0 spiro atoms. The second-order valence-corrected chi connectivity index (χ2v) is 9.71. The van der Waals surface area contributed by atoms with E-state index in [1.54, 1.807) is 12.1 Å². The molecule has 0 saturated heterocycles. The van der Waals surface area contributed by atoms with Crippen molar-refractivity contribution in [3.8, 4) is 5.75 Å². The zero-order valence-electron chi connectivity index (χ0n) is 20.6. The molecule has 35 heavy (non-hydrogen) atoms. The quantitative estimate of drug-likeness (QED) is 0.229. The Hall–Kier alpha value is -2.87. The zero-order valence-corrected chi connectivity index (χ0v) is 20.6. The Kier molecular flexibility index (Phi) is 8.79. The summed E-state index contributed by atoms with van der Waals surface area (Å²) >= 11 is 0. The number of carbonyl (C=O) groups is 1. The van der Waals surface area contributed by atoms with Crippen LogP contribution in [0, 0.1) is 0 Å². The average Bonchev–Trinajstić information content (AvgIpc) is 3.28. The number of phenolic OH excluding ortho intramolecular Hbond substituents is 1. The molecule has 1 saturated carbocycles. The van der Waals surface area contributed by atoms with Crippen molar-refractivity contribution in [1.29, 1.82) is 0 Å². The molecule has 3 aromatic rings. The highest BCUT2D eigenvalue weighted by atomic mass is 16.3. The summed E-state index contributed by atoms with van der Waals surface area (Å²) in [5.74, 6) is -0.0301. The molecule has 0 radical (unpaired) electrons. The molecule has 188 valence electrons. The topological polar surface area (TPSA) is 89.8 Å². The standard InChI is InChI=1S/C28H38N4O3/c1-31(24-6-3-2-4-7-24)13-5-14-32-15-12-22-16-21(8-10-26(22)32)18-29-19-28(35)23-9-11-27(34)25(17-23)30-20-33/h8-12,15-17,20,24,28-29,34-35H,2-7,13-14,18-19H2,1H3,(H,30,33)/t28-/m0/s1. The Balaban J connectivity index is 1.26. The van der Waals surface area contributed by atoms with Crippen LogP contribution in [-0.4, -0.2) is 52.3 Å². The van der Waals surface area contributed by atoms with E-state index in [-0.39, 0.29) is 11.4 Å². The molecule has 4 rings (SSSR count). The summed E-state index contributed by atoms with van der Waals surface area (Å²) in [6.07, 6.45) is 9.95. The van der Waals surface area contributed by atoms with Crippen LogP contribution in [0.4, 0.5) is 5.69 Å². The van der Waals surface area contributed by atoms with Gasteiger partial charge in [-0.15, -0.1) is 0 Å². The first-order valence-corrected chi connectivity index (χ1v) is 12.7. The Morgan fingerprint density at radius 1 is 1.14 bits per heavy atom. The van der Waals surface area contributed by atoms with Gasteiger partial charge >= 0.3 is 0 Å². The first kappa shape index (κ1) is 25.2. The highest BCUT2D eigenvalue weighted by Gasteiger charge is 2.17. The van der Waals surface area contributed by atoms with Crippen LogP contribution in [0.5, 0.6) is 5.75 Å². The fraction of sp³-hybridized carbons (Fsp3) is 0.464. The lowest BCUT2D eigenvalue weighted by Crippen LogP contribution is -2.34. The Morgan fingerprint density at radius 2 is 1.97 bits per heavy atom. The van der Waals surface area contributed by atoms with Crippen molar-refractivity contribution in [2.75, 3.05) is 25.5 Å². The lowest BCUT2D eigenvalue weighted by molar-refractivity contribution is -0.105. The third-order valence-corrected chi connectivity index (χ3v) is 7.23. The predicted molar refractivity (Wildman–Crippen MR) is 141 cm³/mol. The number of aromatic nitrogens is 1. The number of benzene rings is 2. The van der Waals surface area contributed by atoms with Crippen molar-refractivity contribution in [2.24, 2.45) is 0 Å². The molecule has 1 fully saturated rings. The fourth-order valence-electron chi connectivity index (χ4n) is 5.16. The van der Waals surface area contributed by atoms with Gasteiger partial charge < -0.3 is 30.3 Å². The predicted octanol–water partition coefficient (Wildman–Crippen LogP) is 4.39. The minimum Gasteiger partial charge on any atom is -0.506 e. The highest BCUT2D eigenvalue weighted by molar-refractivity contribution is 5.81. The number of anilines is 1. The van der Waals surface area contributed by atoms with Crippen LogP contribution in [0.3, 0.4) is 0 Å². The number of nitrogens with zero attached hydrogens (tertiary/aromatic N) is 2. The Labute approximate surface area is 207 Å². The molecule has 0 aliphatic heterocycles. The number of rotatable bonds is 12. The van der Waals surface area contributed by atoms with Gasteiger partial charge in [-0.05, 0) is 79.7 Å². The summed E-state index contributed by atoms with van der Waals surface area (Å²) in [4.78, 5) is 13.2. The van der Waals surface area contributed by atoms with Crippen LogP contribution in [0.15, 0.2) is 48.7 Å². The monoisotopic (exact) mass is 478 g/mol. The van der Waals surface area contributed by atoms with Gasteiger partial charge in [0, 0.05) is 37.4 Å². The Bertz CT molecular complexity index is 1110. The summed E-state index contributed by atoms with van der Waals surface area (Å²) in [7, 11) is 2.28. The normalized spacial score (nSPS) is 15.5. The smallest absolute Gasteiger partial charge is 0.211 e. The first-order chi connectivity index (χ1) is 17.0. The molecule has 1 aromatic heterocycles. The van der Waals surface area contributed by atoms with Crippen molar-refractivity contribution in [3.63, 3.8) is 0 Å². The number of nitrogens with one attached hydrogen (secondary N) is 2. The van der Waals surface area contributed by atoms with Crippen LogP contribution in [-0.2, 0) is 17.9 Å². The number of phenols is 1. The van der Waals surface area contributed by atoms with Crippen molar-refractivity contribution in [1.82, 2.24) is 14.8 Å². The SMILES string of the molecule is CN(CCCn1ccc2cc(CNC[C@H](O)c3ccc(O)c(NC=O)c3)ccc21)C1CCCCC1. The molecule has 1 heterocycles. The number of hydrogen-bond acceptors (Lipinski definition) is 5. The maximum absolute atomic E-state index is 10.7. The molecule has 1 atom stereocenters. The average molecular weight is 479 g/mol. The van der Waals surface area contributed by atoms with Crippen molar-refractivity contribution < 1.29 is 15.0 Å². The number of fused-ring (bicyclic) bond motifs is 1. The van der Waals surface area contributed by atoms with Gasteiger partial charge in [-0.1, -0.05) is 31.4 Å². The number of amides is 1. The maximum Gasteiger partial charge on any atom is 0.211 e. The molecular formula is C28H38N4O3. The minimum absolute atomic E-state index is 0.0301. The molecule has 2 aromatic carbocycles. The fourth-order valence-corrected chi connectivity index (χ4v) is 5.16. The van der Waals surface area contributed by atoms with Crippen LogP contribution in [0.1, 0.15) is 55.8 Å². The van der Waals surface area contributed by atoms with E-state index in [1.807, 2.05) is 0 Å². The van der Waals surface area contributed by atoms with Gasteiger partial charge in [0.15, 0.2) is 0 Å². The van der Waals surface area contributed by atoms with Crippen LogP contribution in [0.2, 0.25) is 0 Å². The Morgan fingerprint density at radius 3 is 2.77 bits per heavy atom. The van der Waals surface area contributed by atoms with E-state index in [0.29, 0.717) is 25.1 Å². The van der Waals surface area contributed by atoms with Gasteiger partial charge in [-0.2, -0.15) is 0 Å². The summed E-state index contributed by atoms with van der Waals surface area (Å²) in [5.41, 5.74) is 3.33. The van der Waals surface area contributed by atoms with Crippen molar-refractivity contribution in [2.45, 2.75) is 63.8 Å². The van der Waals surface area contributed by atoms with Crippen LogP contribution < -0.4 is 10.6 Å². The van der Waals surface area contributed by atoms with E-state index < -0.39 is 6.10 Å². The summed E-state index contributed by atoms with van der Waals surface area (Å²) in [6.45, 7) is 3.17. The number of aryl methyl sites for hydroxylation is 1. The summed E-state index contributed by atoms with van der Waals surface area (Å²) < 4.78 is 2.35. The molecule has 7 heteroatoms. The number of hydrogen-bond donors (Lipinski definition) is 4. The zero-order chi connectivity index (χ0) is 24.6.